The molecule has 1 atom stereocenters. The Labute approximate surface area is 241 Å². The summed E-state index contributed by atoms with van der Waals surface area (Å²) in [6, 6.07) is 5.56. The van der Waals surface area contributed by atoms with Crippen molar-refractivity contribution in [2.45, 2.75) is 30.5 Å². The van der Waals surface area contributed by atoms with Gasteiger partial charge in [0.25, 0.3) is 15.9 Å². The van der Waals surface area contributed by atoms with E-state index in [1.54, 1.807) is 18.2 Å². The Morgan fingerprint density at radius 2 is 1.93 bits per heavy atom. The number of benzene rings is 1. The molecule has 0 radical (unpaired) electrons. The monoisotopic (exact) mass is 628 g/mol. The van der Waals surface area contributed by atoms with Crippen LogP contribution in [0.5, 0.6) is 0 Å². The number of thiazole rings is 1. The van der Waals surface area contributed by atoms with E-state index in [9.17, 15) is 26.4 Å². The lowest BCUT2D eigenvalue weighted by atomic mass is 10.1. The molecule has 0 spiro atoms. The molecule has 2 aliphatic heterocycles. The number of carbonyl (C=O) groups is 2. The summed E-state index contributed by atoms with van der Waals surface area (Å²) < 4.78 is 53.1. The van der Waals surface area contributed by atoms with Crippen molar-refractivity contribution in [3.05, 3.63) is 44.9 Å². The van der Waals surface area contributed by atoms with Gasteiger partial charge in [-0.05, 0) is 31.3 Å². The molecular formula is C24H29ClN6O6S3. The zero-order valence-electron chi connectivity index (χ0n) is 22.1. The summed E-state index contributed by atoms with van der Waals surface area (Å²) in [6.07, 6.45) is 1.25. The van der Waals surface area contributed by atoms with Crippen LogP contribution in [0.2, 0.25) is 5.02 Å². The lowest BCUT2D eigenvalue weighted by molar-refractivity contribution is -0.127. The van der Waals surface area contributed by atoms with Gasteiger partial charge in [-0.1, -0.05) is 11.6 Å². The number of piperazine rings is 1. The quantitative estimate of drug-likeness (QED) is 0.433. The number of hydrogen-bond acceptors (Lipinski definition) is 9. The summed E-state index contributed by atoms with van der Waals surface area (Å²) in [5.74, 6) is -1.15. The number of aromatic nitrogens is 2. The Balaban J connectivity index is 1.44. The number of amides is 2. The maximum Gasteiger partial charge on any atom is 0.283 e. The summed E-state index contributed by atoms with van der Waals surface area (Å²) in [5, 5.41) is 1.32. The molecular weight excluding hydrogens is 600 g/mol. The Bertz CT molecular complexity index is 1700. The fourth-order valence-corrected chi connectivity index (χ4v) is 8.15. The predicted octanol–water partition coefficient (Wildman–Crippen LogP) is 1.59. The number of fused-ring (bicyclic) bond motifs is 2. The highest BCUT2D eigenvalue weighted by Gasteiger charge is 2.40. The van der Waals surface area contributed by atoms with E-state index < -0.39 is 37.9 Å². The highest BCUT2D eigenvalue weighted by atomic mass is 35.5. The average Bonchev–Trinajstić information content (AvgIpc) is 3.51. The third kappa shape index (κ3) is 5.63. The van der Waals surface area contributed by atoms with Gasteiger partial charge in [0.2, 0.25) is 15.9 Å². The molecule has 216 valence electrons. The van der Waals surface area contributed by atoms with E-state index in [-0.39, 0.29) is 36.1 Å². The number of sulfonamides is 2. The van der Waals surface area contributed by atoms with Gasteiger partial charge >= 0.3 is 0 Å². The molecule has 2 amide bonds. The first-order chi connectivity index (χ1) is 18.7. The maximum atomic E-state index is 13.7. The smallest absolute Gasteiger partial charge is 0.283 e. The minimum absolute atomic E-state index is 0.00874. The first-order valence-electron chi connectivity index (χ1n) is 12.5. The van der Waals surface area contributed by atoms with E-state index in [0.717, 1.165) is 36.8 Å². The van der Waals surface area contributed by atoms with Gasteiger partial charge < -0.3 is 14.8 Å². The van der Waals surface area contributed by atoms with E-state index in [2.05, 4.69) is 14.9 Å². The van der Waals surface area contributed by atoms with Crippen molar-refractivity contribution in [2.24, 2.45) is 0 Å². The van der Waals surface area contributed by atoms with E-state index in [4.69, 9.17) is 11.6 Å². The van der Waals surface area contributed by atoms with Crippen LogP contribution in [0.1, 0.15) is 26.8 Å². The Kier molecular flexibility index (Phi) is 7.74. The van der Waals surface area contributed by atoms with Gasteiger partial charge in [0.05, 0.1) is 18.0 Å². The second kappa shape index (κ2) is 10.7. The molecule has 12 nitrogen and oxygen atoms in total. The first kappa shape index (κ1) is 29.0. The highest BCUT2D eigenvalue weighted by Crippen LogP contribution is 2.29. The summed E-state index contributed by atoms with van der Waals surface area (Å²) in [5.41, 5.74) is 1.47. The molecule has 1 fully saturated rings. The zero-order valence-corrected chi connectivity index (χ0v) is 25.3. The van der Waals surface area contributed by atoms with Crippen LogP contribution in [0, 0.1) is 0 Å². The average molecular weight is 629 g/mol. The van der Waals surface area contributed by atoms with Crippen LogP contribution in [0.15, 0.2) is 29.3 Å². The van der Waals surface area contributed by atoms with Crippen LogP contribution in [-0.4, -0.2) is 110 Å². The maximum absolute atomic E-state index is 13.7. The van der Waals surface area contributed by atoms with Gasteiger partial charge in [0, 0.05) is 73.4 Å². The molecule has 5 rings (SSSR count). The van der Waals surface area contributed by atoms with Crippen LogP contribution < -0.4 is 0 Å². The Morgan fingerprint density at radius 3 is 2.65 bits per heavy atom. The fourth-order valence-electron chi connectivity index (χ4n) is 4.89. The molecule has 2 aromatic heterocycles. The number of likely N-dealkylation sites (N-methyl/N-ethyl adjacent to an activating group) is 1. The fraction of sp³-hybridized carbons (Fsp3) is 0.458. The Hall–Kier alpha value is -2.56. The highest BCUT2D eigenvalue weighted by molar-refractivity contribution is 7.89. The predicted molar refractivity (Wildman–Crippen MR) is 151 cm³/mol. The molecule has 0 aliphatic carbocycles. The molecule has 3 aromatic rings. The molecule has 1 saturated heterocycles. The standard InChI is InChI=1S/C24H29ClN6O6S3/c1-28-7-6-19-20(14-28)38-23(27-19)24(33)31-9-8-30(13-17(31)12-22(32)29(2)39(3,34)35)40(36,37)21-11-15-10-16(25)4-5-18(15)26-21/h4-5,10-11,17,26H,6-9,12-14H2,1-3H3. The Morgan fingerprint density at radius 1 is 1.18 bits per heavy atom. The normalized spacial score (nSPS) is 19.1. The van der Waals surface area contributed by atoms with E-state index in [1.165, 1.54) is 26.6 Å². The number of rotatable bonds is 6. The van der Waals surface area contributed by atoms with Crippen molar-refractivity contribution in [3.8, 4) is 0 Å². The number of nitrogens with one attached hydrogen (secondary N) is 1. The molecule has 2 aliphatic rings. The second-order valence-electron chi connectivity index (χ2n) is 10.1. The number of hydrogen-bond donors (Lipinski definition) is 1. The van der Waals surface area contributed by atoms with Gasteiger partial charge in [-0.15, -0.1) is 11.3 Å². The van der Waals surface area contributed by atoms with Gasteiger partial charge in [-0.25, -0.2) is 26.1 Å². The molecule has 1 unspecified atom stereocenters. The second-order valence-corrected chi connectivity index (χ2v) is 15.5. The number of H-pyrrole nitrogens is 1. The number of nitrogens with zero attached hydrogens (tertiary/aromatic N) is 5. The van der Waals surface area contributed by atoms with Gasteiger partial charge in [-0.3, -0.25) is 9.59 Å². The lowest BCUT2D eigenvalue weighted by Crippen LogP contribution is -2.57. The van der Waals surface area contributed by atoms with Crippen LogP contribution >= 0.6 is 22.9 Å². The van der Waals surface area contributed by atoms with Gasteiger partial charge in [0.1, 0.15) is 5.03 Å². The van der Waals surface area contributed by atoms with Crippen molar-refractivity contribution < 1.29 is 26.4 Å². The molecule has 40 heavy (non-hydrogen) atoms. The molecule has 1 N–H and O–H groups in total. The van der Waals surface area contributed by atoms with Crippen molar-refractivity contribution in [3.63, 3.8) is 0 Å². The van der Waals surface area contributed by atoms with Gasteiger partial charge in [0.15, 0.2) is 5.01 Å². The SMILES string of the molecule is CN1CCc2nc(C(=O)N3CCN(S(=O)(=O)c4cc5cc(Cl)ccc5[nH]4)CC3CC(=O)N(C)S(C)(=O)=O)sc2C1. The third-order valence-electron chi connectivity index (χ3n) is 7.25. The van der Waals surface area contributed by atoms with E-state index in [0.29, 0.717) is 26.8 Å². The summed E-state index contributed by atoms with van der Waals surface area (Å²) in [4.78, 5) is 38.7. The van der Waals surface area contributed by atoms with Crippen LogP contribution in [0.4, 0.5) is 0 Å². The van der Waals surface area contributed by atoms with Crippen LogP contribution in [0.25, 0.3) is 10.9 Å². The van der Waals surface area contributed by atoms with Crippen molar-refractivity contribution in [2.75, 3.05) is 46.5 Å². The minimum atomic E-state index is -4.04. The van der Waals surface area contributed by atoms with Crippen LogP contribution in [-0.2, 0) is 37.8 Å². The lowest BCUT2D eigenvalue weighted by Gasteiger charge is -2.40. The topological polar surface area (TPSA) is 144 Å². The zero-order chi connectivity index (χ0) is 29.0. The third-order valence-corrected chi connectivity index (χ3v) is 11.5. The molecule has 1 aromatic carbocycles. The van der Waals surface area contributed by atoms with E-state index in [1.807, 2.05) is 7.05 Å². The summed E-state index contributed by atoms with van der Waals surface area (Å²) in [6.45, 7) is 1.32. The number of aromatic amines is 1. The molecule has 4 heterocycles. The summed E-state index contributed by atoms with van der Waals surface area (Å²) in [7, 11) is -4.74. The molecule has 16 heteroatoms. The summed E-state index contributed by atoms with van der Waals surface area (Å²) >= 11 is 7.35. The van der Waals surface area contributed by atoms with Crippen LogP contribution in [0.3, 0.4) is 0 Å². The first-order valence-corrected chi connectivity index (χ1v) is 17.0. The molecule has 0 bridgehead atoms. The van der Waals surface area contributed by atoms with Crippen molar-refractivity contribution in [1.29, 1.82) is 0 Å². The van der Waals surface area contributed by atoms with Crippen molar-refractivity contribution >= 4 is 65.7 Å². The number of carbonyl (C=O) groups excluding carboxylic acids is 2. The molecule has 0 saturated carbocycles. The van der Waals surface area contributed by atoms with E-state index >= 15 is 0 Å². The van der Waals surface area contributed by atoms with Gasteiger partial charge in [-0.2, -0.15) is 4.31 Å². The van der Waals surface area contributed by atoms with Crippen molar-refractivity contribution in [1.82, 2.24) is 28.4 Å². The largest absolute Gasteiger partial charge is 0.345 e. The number of halogens is 1. The minimum Gasteiger partial charge on any atom is -0.345 e.